The molecule has 1 aliphatic carbocycles. The molecule has 0 amide bonds. The van der Waals surface area contributed by atoms with E-state index in [-0.39, 0.29) is 0 Å². The van der Waals surface area contributed by atoms with Crippen molar-refractivity contribution in [1.29, 1.82) is 0 Å². The van der Waals surface area contributed by atoms with Gasteiger partial charge in [0.1, 0.15) is 0 Å². The number of allylic oxidation sites excluding steroid dienone is 4. The smallest absolute Gasteiger partial charge is 0.164 e. The molecule has 3 heterocycles. The Morgan fingerprint density at radius 2 is 1.10 bits per heavy atom. The lowest BCUT2D eigenvalue weighted by Crippen LogP contribution is -2.03. The first kappa shape index (κ1) is 29.5. The summed E-state index contributed by atoms with van der Waals surface area (Å²) in [4.78, 5) is 24.9. The zero-order valence-corrected chi connectivity index (χ0v) is 27.2. The molecule has 0 spiro atoms. The number of nitrogens with zero attached hydrogens (tertiary/aromatic N) is 5. The summed E-state index contributed by atoms with van der Waals surface area (Å²) in [7, 11) is 0. The van der Waals surface area contributed by atoms with E-state index in [0.717, 1.165) is 63.3 Å². The number of hydrogen-bond donors (Lipinski definition) is 0. The molecule has 0 atom stereocenters. The van der Waals surface area contributed by atoms with Crippen LogP contribution in [0.4, 0.5) is 0 Å². The van der Waals surface area contributed by atoms with Gasteiger partial charge in [0.15, 0.2) is 17.5 Å². The maximum atomic E-state index is 5.13. The van der Waals surface area contributed by atoms with Gasteiger partial charge in [-0.3, -0.25) is 4.98 Å². The van der Waals surface area contributed by atoms with Crippen molar-refractivity contribution in [3.05, 3.63) is 170 Å². The Hall–Kier alpha value is -6.59. The minimum atomic E-state index is 0.614. The van der Waals surface area contributed by atoms with Gasteiger partial charge in [-0.2, -0.15) is 0 Å². The van der Waals surface area contributed by atoms with E-state index in [0.29, 0.717) is 17.5 Å². The molecule has 5 heteroatoms. The van der Waals surface area contributed by atoms with E-state index in [1.165, 1.54) is 21.5 Å². The summed E-state index contributed by atoms with van der Waals surface area (Å²) in [6.07, 6.45) is 10.3. The third kappa shape index (κ3) is 5.65. The molecule has 5 aromatic carbocycles. The third-order valence-corrected chi connectivity index (χ3v) is 9.16. The van der Waals surface area contributed by atoms with Crippen molar-refractivity contribution in [3.8, 4) is 56.5 Å². The van der Waals surface area contributed by atoms with Crippen LogP contribution in [0.1, 0.15) is 18.7 Å². The predicted octanol–water partition coefficient (Wildman–Crippen LogP) is 11.0. The van der Waals surface area contributed by atoms with E-state index in [2.05, 4.69) is 102 Å². The molecular weight excluding hydrogens is 611 g/mol. The minimum Gasteiger partial charge on any atom is -0.255 e. The van der Waals surface area contributed by atoms with Crippen molar-refractivity contribution in [2.45, 2.75) is 12.8 Å². The van der Waals surface area contributed by atoms with Gasteiger partial charge in [-0.15, -0.1) is 0 Å². The Morgan fingerprint density at radius 3 is 1.92 bits per heavy atom. The van der Waals surface area contributed by atoms with Gasteiger partial charge >= 0.3 is 0 Å². The van der Waals surface area contributed by atoms with Crippen LogP contribution in [-0.2, 0) is 0 Å². The van der Waals surface area contributed by atoms with Crippen LogP contribution < -0.4 is 0 Å². The largest absolute Gasteiger partial charge is 0.255 e. The molecule has 0 unspecified atom stereocenters. The molecule has 0 aliphatic heterocycles. The number of rotatable bonds is 6. The van der Waals surface area contributed by atoms with Gasteiger partial charge in [-0.1, -0.05) is 109 Å². The molecule has 236 valence electrons. The van der Waals surface area contributed by atoms with Crippen LogP contribution in [0.3, 0.4) is 0 Å². The van der Waals surface area contributed by atoms with Crippen LogP contribution in [-0.4, -0.2) is 24.9 Å². The highest BCUT2D eigenvalue weighted by Crippen LogP contribution is 2.39. The van der Waals surface area contributed by atoms with Crippen molar-refractivity contribution < 1.29 is 0 Å². The molecule has 0 radical (unpaired) electrons. The Bertz CT molecular complexity index is 2590. The van der Waals surface area contributed by atoms with Gasteiger partial charge in [0.2, 0.25) is 0 Å². The average Bonchev–Trinajstić information content (AvgIpc) is 3.21. The highest BCUT2D eigenvalue weighted by Gasteiger charge is 2.18. The second-order valence-electron chi connectivity index (χ2n) is 12.4. The normalized spacial score (nSPS) is 12.7. The molecule has 0 saturated carbocycles. The Balaban J connectivity index is 1.30. The van der Waals surface area contributed by atoms with Crippen LogP contribution in [0.5, 0.6) is 0 Å². The van der Waals surface area contributed by atoms with E-state index < -0.39 is 0 Å². The number of pyridine rings is 2. The zero-order chi connectivity index (χ0) is 33.3. The molecule has 8 aromatic rings. The predicted molar refractivity (Wildman–Crippen MR) is 204 cm³/mol. The quantitative estimate of drug-likeness (QED) is 0.169. The van der Waals surface area contributed by atoms with Gasteiger partial charge in [0.05, 0.1) is 17.1 Å². The first-order valence-corrected chi connectivity index (χ1v) is 16.9. The Kier molecular flexibility index (Phi) is 7.56. The lowest BCUT2D eigenvalue weighted by Gasteiger charge is -2.15. The first-order valence-electron chi connectivity index (χ1n) is 16.9. The molecule has 1 aliphatic rings. The van der Waals surface area contributed by atoms with Crippen LogP contribution in [0.2, 0.25) is 0 Å². The first-order chi connectivity index (χ1) is 24.8. The number of fused-ring (bicyclic) bond motifs is 3. The molecule has 0 bridgehead atoms. The molecule has 9 rings (SSSR count). The van der Waals surface area contributed by atoms with Crippen LogP contribution >= 0.6 is 0 Å². The topological polar surface area (TPSA) is 64.5 Å². The fourth-order valence-electron chi connectivity index (χ4n) is 6.74. The summed E-state index contributed by atoms with van der Waals surface area (Å²) >= 11 is 0. The second kappa shape index (κ2) is 12.8. The highest BCUT2D eigenvalue weighted by atomic mass is 15.0. The van der Waals surface area contributed by atoms with Crippen molar-refractivity contribution >= 4 is 27.1 Å². The zero-order valence-electron chi connectivity index (χ0n) is 27.2. The van der Waals surface area contributed by atoms with Crippen molar-refractivity contribution in [2.24, 2.45) is 0 Å². The SMILES string of the molecule is C1=CC(c2nc(-c3ccccc3)nc(-c3cc(-c4cccc(-c5ccccn5)n4)cc(-c4cc5ccccc5c5ccccc45)c3)n2)=CCC1. The molecule has 0 N–H and O–H groups in total. The van der Waals surface area contributed by atoms with E-state index in [1.807, 2.05) is 60.7 Å². The van der Waals surface area contributed by atoms with E-state index in [4.69, 9.17) is 19.9 Å². The molecule has 0 fully saturated rings. The second-order valence-corrected chi connectivity index (χ2v) is 12.4. The maximum Gasteiger partial charge on any atom is 0.164 e. The summed E-state index contributed by atoms with van der Waals surface area (Å²) in [6.45, 7) is 0. The van der Waals surface area contributed by atoms with Gasteiger partial charge in [0, 0.05) is 28.5 Å². The van der Waals surface area contributed by atoms with Crippen molar-refractivity contribution in [3.63, 3.8) is 0 Å². The van der Waals surface area contributed by atoms with Crippen LogP contribution in [0.25, 0.3) is 83.7 Å². The summed E-state index contributed by atoms with van der Waals surface area (Å²) in [5, 5.41) is 4.82. The number of hydrogen-bond acceptors (Lipinski definition) is 5. The van der Waals surface area contributed by atoms with E-state index in [1.54, 1.807) is 6.20 Å². The molecule has 0 saturated heterocycles. The fraction of sp³-hybridized carbons (Fsp3) is 0.0444. The van der Waals surface area contributed by atoms with E-state index >= 15 is 0 Å². The maximum absolute atomic E-state index is 5.13. The lowest BCUT2D eigenvalue weighted by molar-refractivity contribution is 1.01. The Labute approximate surface area is 290 Å². The van der Waals surface area contributed by atoms with Crippen LogP contribution in [0.15, 0.2) is 164 Å². The summed E-state index contributed by atoms with van der Waals surface area (Å²) in [6, 6.07) is 48.2. The van der Waals surface area contributed by atoms with Crippen molar-refractivity contribution in [2.75, 3.05) is 0 Å². The average molecular weight is 642 g/mol. The van der Waals surface area contributed by atoms with Gasteiger partial charge < -0.3 is 0 Å². The van der Waals surface area contributed by atoms with Gasteiger partial charge in [-0.05, 0) is 94.0 Å². The summed E-state index contributed by atoms with van der Waals surface area (Å²) in [5.41, 5.74) is 8.50. The molecule has 50 heavy (non-hydrogen) atoms. The highest BCUT2D eigenvalue weighted by molar-refractivity contribution is 6.14. The monoisotopic (exact) mass is 641 g/mol. The van der Waals surface area contributed by atoms with E-state index in [9.17, 15) is 0 Å². The van der Waals surface area contributed by atoms with Gasteiger partial charge in [0.25, 0.3) is 0 Å². The molecule has 5 nitrogen and oxygen atoms in total. The lowest BCUT2D eigenvalue weighted by atomic mass is 9.91. The van der Waals surface area contributed by atoms with Gasteiger partial charge in [-0.25, -0.2) is 19.9 Å². The molecular formula is C45H31N5. The third-order valence-electron chi connectivity index (χ3n) is 9.16. The van der Waals surface area contributed by atoms with Crippen molar-refractivity contribution in [1.82, 2.24) is 24.9 Å². The fourth-order valence-corrected chi connectivity index (χ4v) is 6.74. The number of benzene rings is 5. The molecule has 3 aromatic heterocycles. The summed E-state index contributed by atoms with van der Waals surface area (Å²) < 4.78 is 0. The number of aromatic nitrogens is 5. The Morgan fingerprint density at radius 1 is 0.420 bits per heavy atom. The van der Waals surface area contributed by atoms with Crippen LogP contribution in [0, 0.1) is 0 Å². The minimum absolute atomic E-state index is 0.614. The standard InChI is InChI=1S/C45H31N5/c1-3-14-30(15-4-1)43-48-44(31-16-5-2-6-17-31)50-45(49-43)35-27-33(39-29-32-18-7-8-19-36(32)37-20-9-10-21-38(37)39)26-34(28-35)40-23-13-24-42(47-40)41-22-11-12-25-46-41/h1,3-5,7-29H,2,6H2. The summed E-state index contributed by atoms with van der Waals surface area (Å²) in [5.74, 6) is 1.93.